The summed E-state index contributed by atoms with van der Waals surface area (Å²) in [5, 5.41) is 2.90. The van der Waals surface area contributed by atoms with Crippen LogP contribution in [0.5, 0.6) is 17.2 Å². The number of fused-ring (bicyclic) bond motifs is 1. The summed E-state index contributed by atoms with van der Waals surface area (Å²) in [6.07, 6.45) is 0.928. The summed E-state index contributed by atoms with van der Waals surface area (Å²) in [7, 11) is -3.62. The van der Waals surface area contributed by atoms with Crippen molar-refractivity contribution in [1.29, 1.82) is 0 Å². The summed E-state index contributed by atoms with van der Waals surface area (Å²) < 4.78 is 43.6. The van der Waals surface area contributed by atoms with Gasteiger partial charge < -0.3 is 19.5 Å². The van der Waals surface area contributed by atoms with Gasteiger partial charge in [-0.2, -0.15) is 4.31 Å². The van der Waals surface area contributed by atoms with Crippen molar-refractivity contribution in [2.24, 2.45) is 5.92 Å². The number of amides is 1. The van der Waals surface area contributed by atoms with Gasteiger partial charge in [0.15, 0.2) is 11.5 Å². The van der Waals surface area contributed by atoms with E-state index in [2.05, 4.69) is 5.32 Å². The molecule has 2 heterocycles. The van der Waals surface area contributed by atoms with E-state index < -0.39 is 10.0 Å². The number of rotatable bonds is 6. The first-order valence-corrected chi connectivity index (χ1v) is 11.8. The molecular formula is C22H26N2O6S. The second kappa shape index (κ2) is 8.76. The van der Waals surface area contributed by atoms with E-state index in [9.17, 15) is 13.2 Å². The van der Waals surface area contributed by atoms with Gasteiger partial charge in [-0.1, -0.05) is 0 Å². The minimum Gasteiger partial charge on any atom is -0.494 e. The molecule has 2 aromatic rings. The lowest BCUT2D eigenvalue weighted by Crippen LogP contribution is -2.41. The van der Waals surface area contributed by atoms with E-state index in [4.69, 9.17) is 14.2 Å². The molecule has 0 atom stereocenters. The number of sulfonamides is 1. The SMILES string of the molecule is CCOc1ccc(S(=O)(=O)N2CCC(C(=O)Nc3ccc4c(c3)OCO4)CC2)cc1C. The van der Waals surface area contributed by atoms with Crippen molar-refractivity contribution >= 4 is 21.6 Å². The topological polar surface area (TPSA) is 94.2 Å². The highest BCUT2D eigenvalue weighted by molar-refractivity contribution is 7.89. The van der Waals surface area contributed by atoms with Gasteiger partial charge >= 0.3 is 0 Å². The molecule has 0 aromatic heterocycles. The van der Waals surface area contributed by atoms with E-state index in [1.807, 2.05) is 13.8 Å². The summed E-state index contributed by atoms with van der Waals surface area (Å²) >= 11 is 0. The molecule has 1 fully saturated rings. The molecule has 1 saturated heterocycles. The average molecular weight is 447 g/mol. The number of nitrogens with one attached hydrogen (secondary N) is 1. The molecule has 1 amide bonds. The van der Waals surface area contributed by atoms with E-state index in [0.717, 1.165) is 5.56 Å². The molecule has 9 heteroatoms. The van der Waals surface area contributed by atoms with Crippen molar-refractivity contribution < 1.29 is 27.4 Å². The van der Waals surface area contributed by atoms with Crippen LogP contribution in [0.15, 0.2) is 41.3 Å². The predicted octanol–water partition coefficient (Wildman–Crippen LogP) is 3.16. The fraction of sp³-hybridized carbons (Fsp3) is 0.409. The number of carbonyl (C=O) groups is 1. The Morgan fingerprint density at radius 2 is 1.87 bits per heavy atom. The molecule has 2 aromatic carbocycles. The van der Waals surface area contributed by atoms with Gasteiger partial charge in [0.1, 0.15) is 5.75 Å². The highest BCUT2D eigenvalue weighted by Crippen LogP contribution is 2.34. The van der Waals surface area contributed by atoms with Crippen LogP contribution in [-0.4, -0.2) is 45.1 Å². The Kier molecular flexibility index (Phi) is 6.06. The van der Waals surface area contributed by atoms with E-state index >= 15 is 0 Å². The molecule has 0 spiro atoms. The van der Waals surface area contributed by atoms with Crippen LogP contribution in [0.3, 0.4) is 0 Å². The van der Waals surface area contributed by atoms with Crippen LogP contribution in [0.4, 0.5) is 5.69 Å². The molecular weight excluding hydrogens is 420 g/mol. The van der Waals surface area contributed by atoms with Crippen molar-refractivity contribution in [2.75, 3.05) is 31.8 Å². The summed E-state index contributed by atoms with van der Waals surface area (Å²) in [5.41, 5.74) is 1.41. The van der Waals surface area contributed by atoms with Gasteiger partial charge in [-0.3, -0.25) is 4.79 Å². The standard InChI is InChI=1S/C22H26N2O6S/c1-3-28-19-7-5-18(12-15(19)2)31(26,27)24-10-8-16(9-11-24)22(25)23-17-4-6-20-21(13-17)30-14-29-20/h4-7,12-13,16H,3,8-11,14H2,1-2H3,(H,23,25). The Balaban J connectivity index is 1.37. The van der Waals surface area contributed by atoms with Gasteiger partial charge in [-0.15, -0.1) is 0 Å². The molecule has 166 valence electrons. The molecule has 0 aliphatic carbocycles. The van der Waals surface area contributed by atoms with Crippen molar-refractivity contribution in [3.8, 4) is 17.2 Å². The zero-order valence-corrected chi connectivity index (χ0v) is 18.4. The molecule has 2 aliphatic rings. The molecule has 31 heavy (non-hydrogen) atoms. The minimum atomic E-state index is -3.62. The van der Waals surface area contributed by atoms with Gasteiger partial charge in [0.25, 0.3) is 0 Å². The van der Waals surface area contributed by atoms with Gasteiger partial charge in [-0.05, 0) is 62.6 Å². The second-order valence-electron chi connectivity index (χ2n) is 7.60. The third-order valence-corrected chi connectivity index (χ3v) is 7.44. The molecule has 0 radical (unpaired) electrons. The van der Waals surface area contributed by atoms with E-state index in [-0.39, 0.29) is 23.5 Å². The number of hydrogen-bond acceptors (Lipinski definition) is 6. The number of benzene rings is 2. The van der Waals surface area contributed by atoms with Crippen LogP contribution >= 0.6 is 0 Å². The number of hydrogen-bond donors (Lipinski definition) is 1. The van der Waals surface area contributed by atoms with Crippen molar-refractivity contribution in [1.82, 2.24) is 4.31 Å². The highest BCUT2D eigenvalue weighted by atomic mass is 32.2. The number of aryl methyl sites for hydroxylation is 1. The first kappa shape index (κ1) is 21.5. The highest BCUT2D eigenvalue weighted by Gasteiger charge is 2.32. The second-order valence-corrected chi connectivity index (χ2v) is 9.53. The Morgan fingerprint density at radius 3 is 2.58 bits per heavy atom. The zero-order valence-electron chi connectivity index (χ0n) is 17.6. The molecule has 0 saturated carbocycles. The lowest BCUT2D eigenvalue weighted by Gasteiger charge is -2.30. The Morgan fingerprint density at radius 1 is 1.13 bits per heavy atom. The number of carbonyl (C=O) groups excluding carboxylic acids is 1. The largest absolute Gasteiger partial charge is 0.494 e. The first-order valence-electron chi connectivity index (χ1n) is 10.3. The van der Waals surface area contributed by atoms with Crippen LogP contribution in [0.1, 0.15) is 25.3 Å². The molecule has 0 unspecified atom stereocenters. The van der Waals surface area contributed by atoms with E-state index in [1.165, 1.54) is 4.31 Å². The molecule has 8 nitrogen and oxygen atoms in total. The van der Waals surface area contributed by atoms with Crippen LogP contribution in [0, 0.1) is 12.8 Å². The first-order chi connectivity index (χ1) is 14.9. The summed E-state index contributed by atoms with van der Waals surface area (Å²) in [4.78, 5) is 12.9. The maximum atomic E-state index is 13.0. The van der Waals surface area contributed by atoms with Crippen molar-refractivity contribution in [3.05, 3.63) is 42.0 Å². The van der Waals surface area contributed by atoms with Crippen molar-refractivity contribution in [2.45, 2.75) is 31.6 Å². The minimum absolute atomic E-state index is 0.118. The lowest BCUT2D eigenvalue weighted by molar-refractivity contribution is -0.120. The monoisotopic (exact) mass is 446 g/mol. The third-order valence-electron chi connectivity index (χ3n) is 5.55. The smallest absolute Gasteiger partial charge is 0.243 e. The molecule has 1 N–H and O–H groups in total. The Hall–Kier alpha value is -2.78. The fourth-order valence-corrected chi connectivity index (χ4v) is 5.38. The van der Waals surface area contributed by atoms with Crippen molar-refractivity contribution in [3.63, 3.8) is 0 Å². The van der Waals surface area contributed by atoms with E-state index in [1.54, 1.807) is 36.4 Å². The maximum Gasteiger partial charge on any atom is 0.243 e. The summed E-state index contributed by atoms with van der Waals surface area (Å²) in [6, 6.07) is 10.2. The van der Waals surface area contributed by atoms with Gasteiger partial charge in [0, 0.05) is 30.8 Å². The number of anilines is 1. The van der Waals surface area contributed by atoms with Gasteiger partial charge in [0.05, 0.1) is 11.5 Å². The number of nitrogens with zero attached hydrogens (tertiary/aromatic N) is 1. The third kappa shape index (κ3) is 4.47. The average Bonchev–Trinajstić information content (AvgIpc) is 3.23. The summed E-state index contributed by atoms with van der Waals surface area (Å²) in [5.74, 6) is 1.57. The van der Waals surface area contributed by atoms with Crippen LogP contribution in [0.2, 0.25) is 0 Å². The normalized spacial score (nSPS) is 16.8. The van der Waals surface area contributed by atoms with Crippen LogP contribution in [0.25, 0.3) is 0 Å². The molecule has 4 rings (SSSR count). The van der Waals surface area contributed by atoms with Crippen LogP contribution in [-0.2, 0) is 14.8 Å². The van der Waals surface area contributed by atoms with Gasteiger partial charge in [0.2, 0.25) is 22.7 Å². The van der Waals surface area contributed by atoms with Gasteiger partial charge in [-0.25, -0.2) is 8.42 Å². The fourth-order valence-electron chi connectivity index (χ4n) is 3.83. The molecule has 0 bridgehead atoms. The van der Waals surface area contributed by atoms with E-state index in [0.29, 0.717) is 55.5 Å². The molecule has 2 aliphatic heterocycles. The Bertz CT molecular complexity index is 1080. The number of piperidine rings is 1. The Labute approximate surface area is 182 Å². The van der Waals surface area contributed by atoms with Crippen LogP contribution < -0.4 is 19.5 Å². The maximum absolute atomic E-state index is 13.0. The lowest BCUT2D eigenvalue weighted by atomic mass is 9.97. The zero-order chi connectivity index (χ0) is 22.0. The quantitative estimate of drug-likeness (QED) is 0.733. The summed E-state index contributed by atoms with van der Waals surface area (Å²) in [6.45, 7) is 5.01. The predicted molar refractivity (Wildman–Crippen MR) is 115 cm³/mol. The number of ether oxygens (including phenoxy) is 3.